The minimum atomic E-state index is -0.393. The molecular weight excluding hydrogens is 168 g/mol. The van der Waals surface area contributed by atoms with Gasteiger partial charge in [-0.1, -0.05) is 12.1 Å². The molecule has 0 aliphatic rings. The molecular formula is C10H7O3. The fourth-order valence-corrected chi connectivity index (χ4v) is 1.19. The monoisotopic (exact) mass is 175 g/mol. The molecule has 0 atom stereocenters. The van der Waals surface area contributed by atoms with E-state index < -0.39 is 5.63 Å². The van der Waals surface area contributed by atoms with Crippen molar-refractivity contribution < 1.29 is 9.52 Å². The van der Waals surface area contributed by atoms with Crippen LogP contribution in [0, 0.1) is 0 Å². The van der Waals surface area contributed by atoms with Gasteiger partial charge in [0.1, 0.15) is 12.2 Å². The Kier molecular flexibility index (Phi) is 1.87. The molecule has 0 saturated carbocycles. The zero-order chi connectivity index (χ0) is 9.26. The van der Waals surface area contributed by atoms with E-state index >= 15 is 0 Å². The second-order valence-electron chi connectivity index (χ2n) is 2.77. The SMILES string of the molecule is [O]Cc1ccc2ccc(=O)oc2c1. The Morgan fingerprint density at radius 1 is 1.15 bits per heavy atom. The minimum Gasteiger partial charge on any atom is -0.423 e. The summed E-state index contributed by atoms with van der Waals surface area (Å²) in [4.78, 5) is 10.8. The van der Waals surface area contributed by atoms with E-state index in [-0.39, 0.29) is 6.61 Å². The van der Waals surface area contributed by atoms with Gasteiger partial charge >= 0.3 is 5.63 Å². The highest BCUT2D eigenvalue weighted by atomic mass is 16.4. The standard InChI is InChI=1S/C10H7O3/c11-6-7-1-2-8-3-4-10(12)13-9(8)5-7/h1-5H,6H2. The van der Waals surface area contributed by atoms with E-state index in [0.29, 0.717) is 11.1 Å². The van der Waals surface area contributed by atoms with Crippen molar-refractivity contribution in [3.63, 3.8) is 0 Å². The van der Waals surface area contributed by atoms with E-state index in [2.05, 4.69) is 0 Å². The van der Waals surface area contributed by atoms with Crippen LogP contribution in [-0.2, 0) is 11.7 Å². The molecule has 1 radical (unpaired) electrons. The van der Waals surface area contributed by atoms with Crippen LogP contribution < -0.4 is 5.63 Å². The summed E-state index contributed by atoms with van der Waals surface area (Å²) in [6.07, 6.45) is 0. The van der Waals surface area contributed by atoms with Gasteiger partial charge in [0.2, 0.25) is 0 Å². The molecule has 0 N–H and O–H groups in total. The zero-order valence-corrected chi connectivity index (χ0v) is 6.82. The molecule has 3 nitrogen and oxygen atoms in total. The van der Waals surface area contributed by atoms with Crippen LogP contribution in [0.4, 0.5) is 0 Å². The number of hydrogen-bond donors (Lipinski definition) is 0. The third-order valence-electron chi connectivity index (χ3n) is 1.85. The molecule has 1 aromatic carbocycles. The smallest absolute Gasteiger partial charge is 0.336 e. The largest absolute Gasteiger partial charge is 0.423 e. The summed E-state index contributed by atoms with van der Waals surface area (Å²) in [6, 6.07) is 8.14. The lowest BCUT2D eigenvalue weighted by atomic mass is 10.1. The van der Waals surface area contributed by atoms with Crippen LogP contribution in [0.1, 0.15) is 5.56 Å². The van der Waals surface area contributed by atoms with Gasteiger partial charge in [-0.25, -0.2) is 9.90 Å². The minimum absolute atomic E-state index is 0.297. The van der Waals surface area contributed by atoms with Crippen molar-refractivity contribution in [1.82, 2.24) is 0 Å². The summed E-state index contributed by atoms with van der Waals surface area (Å²) in [7, 11) is 0. The highest BCUT2D eigenvalue weighted by Gasteiger charge is 1.98. The summed E-state index contributed by atoms with van der Waals surface area (Å²) >= 11 is 0. The second-order valence-corrected chi connectivity index (χ2v) is 2.77. The second kappa shape index (κ2) is 3.03. The van der Waals surface area contributed by atoms with Crippen molar-refractivity contribution in [1.29, 1.82) is 0 Å². The third-order valence-corrected chi connectivity index (χ3v) is 1.85. The Morgan fingerprint density at radius 2 is 1.92 bits per heavy atom. The molecule has 0 unspecified atom stereocenters. The van der Waals surface area contributed by atoms with Gasteiger partial charge in [-0.2, -0.15) is 0 Å². The van der Waals surface area contributed by atoms with E-state index in [4.69, 9.17) is 4.42 Å². The lowest BCUT2D eigenvalue weighted by Crippen LogP contribution is -1.94. The lowest BCUT2D eigenvalue weighted by Gasteiger charge is -1.97. The summed E-state index contributed by atoms with van der Waals surface area (Å²) in [5.74, 6) is 0. The molecule has 1 heterocycles. The van der Waals surface area contributed by atoms with Crippen molar-refractivity contribution in [2.45, 2.75) is 6.61 Å². The quantitative estimate of drug-likeness (QED) is 0.619. The van der Waals surface area contributed by atoms with Crippen LogP contribution in [0.15, 0.2) is 39.5 Å². The van der Waals surface area contributed by atoms with Crippen LogP contribution in [0.25, 0.3) is 11.0 Å². The predicted molar refractivity (Wildman–Crippen MR) is 46.9 cm³/mol. The molecule has 2 rings (SSSR count). The van der Waals surface area contributed by atoms with Crippen LogP contribution in [0.3, 0.4) is 0 Å². The summed E-state index contributed by atoms with van der Waals surface area (Å²) in [6.45, 7) is -0.297. The number of fused-ring (bicyclic) bond motifs is 1. The molecule has 0 amide bonds. The van der Waals surface area contributed by atoms with E-state index in [1.165, 1.54) is 6.07 Å². The van der Waals surface area contributed by atoms with Crippen molar-refractivity contribution >= 4 is 11.0 Å². The topological polar surface area (TPSA) is 50.1 Å². The maximum atomic E-state index is 10.8. The van der Waals surface area contributed by atoms with Crippen LogP contribution >= 0.6 is 0 Å². The molecule has 0 aliphatic carbocycles. The lowest BCUT2D eigenvalue weighted by molar-refractivity contribution is 0.177. The fraction of sp³-hybridized carbons (Fsp3) is 0.100. The van der Waals surface area contributed by atoms with Crippen LogP contribution in [0.2, 0.25) is 0 Å². The highest BCUT2D eigenvalue weighted by Crippen LogP contribution is 2.13. The molecule has 0 spiro atoms. The van der Waals surface area contributed by atoms with Gasteiger partial charge in [-0.15, -0.1) is 0 Å². The first kappa shape index (κ1) is 8.01. The molecule has 0 saturated heterocycles. The van der Waals surface area contributed by atoms with Gasteiger partial charge in [0.25, 0.3) is 0 Å². The Morgan fingerprint density at radius 3 is 2.69 bits per heavy atom. The molecule has 1 aromatic heterocycles. The van der Waals surface area contributed by atoms with Gasteiger partial charge in [0, 0.05) is 11.5 Å². The van der Waals surface area contributed by atoms with Crippen molar-refractivity contribution in [3.8, 4) is 0 Å². The fourth-order valence-electron chi connectivity index (χ4n) is 1.19. The summed E-state index contributed by atoms with van der Waals surface area (Å²) in [5.41, 5.74) is 0.707. The van der Waals surface area contributed by atoms with Gasteiger partial charge in [-0.3, -0.25) is 0 Å². The van der Waals surface area contributed by atoms with Crippen LogP contribution in [-0.4, -0.2) is 0 Å². The molecule has 13 heavy (non-hydrogen) atoms. The number of hydrogen-bond acceptors (Lipinski definition) is 2. The molecule has 3 heteroatoms. The number of rotatable bonds is 1. The van der Waals surface area contributed by atoms with Gasteiger partial charge in [0.05, 0.1) is 0 Å². The van der Waals surface area contributed by atoms with Crippen molar-refractivity contribution in [3.05, 3.63) is 46.3 Å². The molecule has 65 valence electrons. The molecule has 0 aliphatic heterocycles. The van der Waals surface area contributed by atoms with Gasteiger partial charge in [-0.05, 0) is 17.7 Å². The zero-order valence-electron chi connectivity index (χ0n) is 6.82. The first-order valence-electron chi connectivity index (χ1n) is 3.90. The van der Waals surface area contributed by atoms with E-state index in [0.717, 1.165) is 5.39 Å². The van der Waals surface area contributed by atoms with Crippen molar-refractivity contribution in [2.75, 3.05) is 0 Å². The van der Waals surface area contributed by atoms with Gasteiger partial charge < -0.3 is 4.42 Å². The van der Waals surface area contributed by atoms with E-state index in [1.807, 2.05) is 0 Å². The first-order valence-corrected chi connectivity index (χ1v) is 3.90. The van der Waals surface area contributed by atoms with Gasteiger partial charge in [0.15, 0.2) is 0 Å². The van der Waals surface area contributed by atoms with E-state index in [9.17, 15) is 9.90 Å². The average molecular weight is 175 g/mol. The average Bonchev–Trinajstić information content (AvgIpc) is 2.16. The Hall–Kier alpha value is -1.61. The van der Waals surface area contributed by atoms with Crippen molar-refractivity contribution in [2.24, 2.45) is 0 Å². The highest BCUT2D eigenvalue weighted by molar-refractivity contribution is 5.76. The summed E-state index contributed by atoms with van der Waals surface area (Å²) < 4.78 is 4.91. The maximum Gasteiger partial charge on any atom is 0.336 e. The molecule has 0 fully saturated rings. The predicted octanol–water partition coefficient (Wildman–Crippen LogP) is 1.72. The maximum absolute atomic E-state index is 10.8. The Balaban J connectivity index is 2.75. The van der Waals surface area contributed by atoms with E-state index in [1.54, 1.807) is 24.3 Å². The normalized spacial score (nSPS) is 10.5. The van der Waals surface area contributed by atoms with Crippen LogP contribution in [0.5, 0.6) is 0 Å². The molecule has 0 bridgehead atoms. The summed E-state index contributed by atoms with van der Waals surface area (Å²) in [5, 5.41) is 11.4. The third kappa shape index (κ3) is 1.46. The number of benzene rings is 1. The molecule has 2 aromatic rings. The Labute approximate surface area is 74.2 Å². The first-order chi connectivity index (χ1) is 6.29. The Bertz CT molecular complexity index is 485.